The third kappa shape index (κ3) is 3.29. The quantitative estimate of drug-likeness (QED) is 0.388. The van der Waals surface area contributed by atoms with Gasteiger partial charge in [-0.05, 0) is 28.1 Å². The summed E-state index contributed by atoms with van der Waals surface area (Å²) in [7, 11) is 0. The second kappa shape index (κ2) is 7.10. The molecule has 2 aromatic heterocycles. The number of nitrogens with zero attached hydrogens (tertiary/aromatic N) is 4. The fourth-order valence-electron chi connectivity index (χ4n) is 3.22. The molecule has 0 bridgehead atoms. The number of carbonyl (C=O) groups excluding carboxylic acids is 1. The van der Waals surface area contributed by atoms with Crippen LogP contribution >= 0.6 is 0 Å². The van der Waals surface area contributed by atoms with Gasteiger partial charge in [0.05, 0.1) is 5.69 Å². The normalized spacial score (nSPS) is 14.3. The van der Waals surface area contributed by atoms with Crippen molar-refractivity contribution in [3.05, 3.63) is 74.8 Å². The Hall–Kier alpha value is -3.75. The Bertz CT molecular complexity index is 1100. The number of amides is 1. The standard InChI is InChI=1S/C19H16N4O5/c24-18(15-11-13-3-1-2-4-16(13)28-19(15)25)22-9-7-21(8-10-22)14-5-6-17(20-12-14)23(26)27/h1-6,11-12H,7-10H2. The smallest absolute Gasteiger partial charge is 0.363 e. The van der Waals surface area contributed by atoms with Gasteiger partial charge < -0.3 is 24.3 Å². The van der Waals surface area contributed by atoms with Gasteiger partial charge in [-0.25, -0.2) is 4.79 Å². The van der Waals surface area contributed by atoms with Crippen LogP contribution in [0.2, 0.25) is 0 Å². The van der Waals surface area contributed by atoms with Gasteiger partial charge in [0.1, 0.15) is 11.1 Å². The number of anilines is 1. The highest BCUT2D eigenvalue weighted by Gasteiger charge is 2.25. The number of carbonyl (C=O) groups is 1. The summed E-state index contributed by atoms with van der Waals surface area (Å²) < 4.78 is 5.25. The van der Waals surface area contributed by atoms with Crippen LogP contribution in [0.4, 0.5) is 11.5 Å². The van der Waals surface area contributed by atoms with Crippen molar-refractivity contribution in [2.24, 2.45) is 0 Å². The van der Waals surface area contributed by atoms with Gasteiger partial charge in [0.25, 0.3) is 5.91 Å². The van der Waals surface area contributed by atoms with E-state index in [1.54, 1.807) is 35.2 Å². The second-order valence-electron chi connectivity index (χ2n) is 6.40. The summed E-state index contributed by atoms with van der Waals surface area (Å²) in [6, 6.07) is 11.6. The number of hydrogen-bond donors (Lipinski definition) is 0. The lowest BCUT2D eigenvalue weighted by molar-refractivity contribution is -0.389. The van der Waals surface area contributed by atoms with E-state index < -0.39 is 10.5 Å². The molecule has 0 saturated carbocycles. The molecule has 1 fully saturated rings. The van der Waals surface area contributed by atoms with Crippen LogP contribution in [-0.4, -0.2) is 46.9 Å². The lowest BCUT2D eigenvalue weighted by Crippen LogP contribution is -2.49. The third-order valence-electron chi connectivity index (χ3n) is 4.72. The lowest BCUT2D eigenvalue weighted by atomic mass is 10.1. The van der Waals surface area contributed by atoms with Crippen LogP contribution in [-0.2, 0) is 0 Å². The van der Waals surface area contributed by atoms with Crippen LogP contribution in [0.25, 0.3) is 11.0 Å². The molecular weight excluding hydrogens is 364 g/mol. The molecule has 1 amide bonds. The van der Waals surface area contributed by atoms with Crippen LogP contribution in [0.3, 0.4) is 0 Å². The molecule has 0 N–H and O–H groups in total. The van der Waals surface area contributed by atoms with Gasteiger partial charge in [-0.2, -0.15) is 0 Å². The first kappa shape index (κ1) is 17.7. The highest BCUT2D eigenvalue weighted by Crippen LogP contribution is 2.19. The molecule has 142 valence electrons. The Morgan fingerprint density at radius 1 is 1.11 bits per heavy atom. The number of pyridine rings is 1. The van der Waals surface area contributed by atoms with Crippen LogP contribution in [0.5, 0.6) is 0 Å². The van der Waals surface area contributed by atoms with E-state index in [1.807, 2.05) is 11.0 Å². The number of hydrogen-bond acceptors (Lipinski definition) is 7. The maximum absolute atomic E-state index is 12.8. The molecule has 0 atom stereocenters. The van der Waals surface area contributed by atoms with E-state index in [2.05, 4.69) is 4.98 Å². The lowest BCUT2D eigenvalue weighted by Gasteiger charge is -2.35. The maximum Gasteiger partial charge on any atom is 0.363 e. The zero-order chi connectivity index (χ0) is 19.7. The van der Waals surface area contributed by atoms with Crippen molar-refractivity contribution >= 4 is 28.4 Å². The van der Waals surface area contributed by atoms with E-state index in [0.29, 0.717) is 37.1 Å². The van der Waals surface area contributed by atoms with Gasteiger partial charge in [-0.3, -0.25) is 4.79 Å². The molecule has 3 aromatic rings. The molecule has 1 aromatic carbocycles. The topological polar surface area (TPSA) is 110 Å². The zero-order valence-corrected chi connectivity index (χ0v) is 14.8. The summed E-state index contributed by atoms with van der Waals surface area (Å²) in [6.07, 6.45) is 1.45. The van der Waals surface area contributed by atoms with E-state index in [0.717, 1.165) is 5.69 Å². The Labute approximate surface area is 159 Å². The molecule has 0 aliphatic carbocycles. The SMILES string of the molecule is O=C(c1cc2ccccc2oc1=O)N1CCN(c2ccc([N+](=O)[O-])nc2)CC1. The first-order valence-corrected chi connectivity index (χ1v) is 8.70. The zero-order valence-electron chi connectivity index (χ0n) is 14.8. The number of fused-ring (bicyclic) bond motifs is 1. The Kier molecular flexibility index (Phi) is 4.48. The molecule has 28 heavy (non-hydrogen) atoms. The van der Waals surface area contributed by atoms with E-state index >= 15 is 0 Å². The van der Waals surface area contributed by atoms with Crippen LogP contribution in [0, 0.1) is 10.1 Å². The molecule has 9 heteroatoms. The summed E-state index contributed by atoms with van der Waals surface area (Å²) in [5.74, 6) is -0.568. The minimum atomic E-state index is -0.648. The van der Waals surface area contributed by atoms with Crippen molar-refractivity contribution in [3.63, 3.8) is 0 Å². The highest BCUT2D eigenvalue weighted by molar-refractivity contribution is 5.96. The highest BCUT2D eigenvalue weighted by atomic mass is 16.6. The molecule has 3 heterocycles. The molecule has 0 radical (unpaired) electrons. The van der Waals surface area contributed by atoms with Gasteiger partial charge in [0.2, 0.25) is 0 Å². The minimum absolute atomic E-state index is 0.0177. The van der Waals surface area contributed by atoms with E-state index in [4.69, 9.17) is 4.42 Å². The number of aromatic nitrogens is 1. The van der Waals surface area contributed by atoms with Gasteiger partial charge in [-0.1, -0.05) is 18.2 Å². The molecule has 0 unspecified atom stereocenters. The summed E-state index contributed by atoms with van der Waals surface area (Å²) in [6.45, 7) is 1.90. The summed E-state index contributed by atoms with van der Waals surface area (Å²) in [5.41, 5.74) is 0.567. The molecule has 0 spiro atoms. The fraction of sp³-hybridized carbons (Fsp3) is 0.211. The van der Waals surface area contributed by atoms with E-state index in [1.165, 1.54) is 12.3 Å². The number of piperazine rings is 1. The predicted molar refractivity (Wildman–Crippen MR) is 101 cm³/mol. The maximum atomic E-state index is 12.8. The molecule has 1 saturated heterocycles. The number of para-hydroxylation sites is 1. The van der Waals surface area contributed by atoms with Gasteiger partial charge in [0.15, 0.2) is 6.20 Å². The number of nitro groups is 1. The van der Waals surface area contributed by atoms with E-state index in [-0.39, 0.29) is 17.3 Å². The first-order valence-electron chi connectivity index (χ1n) is 8.70. The van der Waals surface area contributed by atoms with Crippen molar-refractivity contribution < 1.29 is 14.1 Å². The van der Waals surface area contributed by atoms with Gasteiger partial charge >= 0.3 is 11.4 Å². The monoisotopic (exact) mass is 380 g/mol. The fourth-order valence-corrected chi connectivity index (χ4v) is 3.22. The summed E-state index contributed by atoms with van der Waals surface area (Å²) >= 11 is 0. The van der Waals surface area contributed by atoms with Crippen molar-refractivity contribution in [3.8, 4) is 0 Å². The van der Waals surface area contributed by atoms with Crippen molar-refractivity contribution in [2.75, 3.05) is 31.1 Å². The van der Waals surface area contributed by atoms with Crippen molar-refractivity contribution in [2.45, 2.75) is 0 Å². The van der Waals surface area contributed by atoms with Crippen LogP contribution < -0.4 is 10.5 Å². The average Bonchev–Trinajstić information content (AvgIpc) is 2.73. The van der Waals surface area contributed by atoms with E-state index in [9.17, 15) is 19.7 Å². The van der Waals surface area contributed by atoms with Crippen molar-refractivity contribution in [1.82, 2.24) is 9.88 Å². The summed E-state index contributed by atoms with van der Waals surface area (Å²) in [5, 5.41) is 11.4. The van der Waals surface area contributed by atoms with Crippen LogP contribution in [0.15, 0.2) is 57.9 Å². The molecule has 4 rings (SSSR count). The molecule has 1 aliphatic heterocycles. The molecular formula is C19H16N4O5. The average molecular weight is 380 g/mol. The number of benzene rings is 1. The summed E-state index contributed by atoms with van der Waals surface area (Å²) in [4.78, 5) is 42.6. The van der Waals surface area contributed by atoms with Crippen LogP contribution in [0.1, 0.15) is 10.4 Å². The largest absolute Gasteiger partial charge is 0.422 e. The molecule has 9 nitrogen and oxygen atoms in total. The number of rotatable bonds is 3. The predicted octanol–water partition coefficient (Wildman–Crippen LogP) is 2.06. The molecule has 1 aliphatic rings. The Morgan fingerprint density at radius 3 is 2.54 bits per heavy atom. The van der Waals surface area contributed by atoms with Crippen molar-refractivity contribution in [1.29, 1.82) is 0 Å². The van der Waals surface area contributed by atoms with Gasteiger partial charge in [0, 0.05) is 37.6 Å². The third-order valence-corrected chi connectivity index (χ3v) is 4.72. The first-order chi connectivity index (χ1) is 13.5. The Balaban J connectivity index is 1.47. The second-order valence-corrected chi connectivity index (χ2v) is 6.40. The minimum Gasteiger partial charge on any atom is -0.422 e. The Morgan fingerprint density at radius 2 is 1.86 bits per heavy atom. The van der Waals surface area contributed by atoms with Gasteiger partial charge in [-0.15, -0.1) is 0 Å².